The summed E-state index contributed by atoms with van der Waals surface area (Å²) in [5.41, 5.74) is 2.99. The molecule has 5 nitrogen and oxygen atoms in total. The molecule has 0 radical (unpaired) electrons. The number of fused-ring (bicyclic) bond motifs is 1. The molecule has 0 aromatic heterocycles. The molecule has 0 atom stereocenters. The van der Waals surface area contributed by atoms with E-state index in [1.807, 2.05) is 43.3 Å². The standard InChI is InChI=1S/C23H19NO4S/c1-15-5-7-16(8-6-15)23(26)24-18-3-2-4-19(12-18)29-13-20(25)17-9-10-21-22(11-17)28-14-27-21/h2-12H,13-14H2,1H3,(H,24,26). The van der Waals surface area contributed by atoms with Crippen molar-refractivity contribution in [3.05, 3.63) is 83.4 Å². The summed E-state index contributed by atoms with van der Waals surface area (Å²) in [4.78, 5) is 25.8. The van der Waals surface area contributed by atoms with Gasteiger partial charge < -0.3 is 14.8 Å². The molecule has 1 aliphatic rings. The van der Waals surface area contributed by atoms with Gasteiger partial charge in [0.05, 0.1) is 5.75 Å². The minimum atomic E-state index is -0.163. The fraction of sp³-hybridized carbons (Fsp3) is 0.130. The summed E-state index contributed by atoms with van der Waals surface area (Å²) in [6.07, 6.45) is 0. The number of ketones is 1. The predicted molar refractivity (Wildman–Crippen MR) is 113 cm³/mol. The van der Waals surface area contributed by atoms with Crippen molar-refractivity contribution in [2.45, 2.75) is 11.8 Å². The average molecular weight is 405 g/mol. The lowest BCUT2D eigenvalue weighted by Crippen LogP contribution is -2.11. The van der Waals surface area contributed by atoms with E-state index in [1.54, 1.807) is 30.3 Å². The molecule has 0 fully saturated rings. The van der Waals surface area contributed by atoms with E-state index in [-0.39, 0.29) is 24.2 Å². The number of amides is 1. The predicted octanol–water partition coefficient (Wildman–Crippen LogP) is 4.95. The molecule has 146 valence electrons. The number of carbonyl (C=O) groups is 2. The molecule has 0 spiro atoms. The van der Waals surface area contributed by atoms with Gasteiger partial charge in [-0.25, -0.2) is 0 Å². The summed E-state index contributed by atoms with van der Waals surface area (Å²) in [5, 5.41) is 2.90. The van der Waals surface area contributed by atoms with Crippen molar-refractivity contribution in [2.75, 3.05) is 17.9 Å². The van der Waals surface area contributed by atoms with Crippen molar-refractivity contribution in [1.29, 1.82) is 0 Å². The number of anilines is 1. The SMILES string of the molecule is Cc1ccc(C(=O)Nc2cccc(SCC(=O)c3ccc4c(c3)OCO4)c2)cc1. The molecule has 3 aromatic rings. The fourth-order valence-corrected chi connectivity index (χ4v) is 3.72. The Balaban J connectivity index is 1.38. The van der Waals surface area contributed by atoms with Gasteiger partial charge in [0, 0.05) is 21.7 Å². The lowest BCUT2D eigenvalue weighted by Gasteiger charge is -2.08. The molecular formula is C23H19NO4S. The fourth-order valence-electron chi connectivity index (χ4n) is 2.87. The molecule has 29 heavy (non-hydrogen) atoms. The van der Waals surface area contributed by atoms with Crippen LogP contribution in [0.2, 0.25) is 0 Å². The molecule has 1 amide bonds. The Bertz CT molecular complexity index is 1060. The number of ether oxygens (including phenoxy) is 2. The van der Waals surface area contributed by atoms with Crippen molar-refractivity contribution in [1.82, 2.24) is 0 Å². The molecule has 3 aromatic carbocycles. The molecule has 1 N–H and O–H groups in total. The van der Waals surface area contributed by atoms with Gasteiger partial charge >= 0.3 is 0 Å². The van der Waals surface area contributed by atoms with Crippen LogP contribution < -0.4 is 14.8 Å². The molecule has 0 saturated carbocycles. The van der Waals surface area contributed by atoms with Crippen LogP contribution in [0, 0.1) is 6.92 Å². The number of thioether (sulfide) groups is 1. The summed E-state index contributed by atoms with van der Waals surface area (Å²) in [7, 11) is 0. The summed E-state index contributed by atoms with van der Waals surface area (Å²) in [6, 6.07) is 20.1. The first kappa shape index (κ1) is 19.1. The number of benzene rings is 3. The first-order valence-electron chi connectivity index (χ1n) is 9.12. The number of hydrogen-bond donors (Lipinski definition) is 1. The Hall–Kier alpha value is -3.25. The van der Waals surface area contributed by atoms with Crippen molar-refractivity contribution >= 4 is 29.1 Å². The Kier molecular flexibility index (Phi) is 5.53. The molecule has 0 unspecified atom stereocenters. The number of aryl methyl sites for hydroxylation is 1. The molecule has 4 rings (SSSR count). The third-order valence-corrected chi connectivity index (χ3v) is 5.46. The van der Waals surface area contributed by atoms with Crippen LogP contribution in [0.1, 0.15) is 26.3 Å². The van der Waals surface area contributed by atoms with Crippen molar-refractivity contribution in [2.24, 2.45) is 0 Å². The zero-order valence-electron chi connectivity index (χ0n) is 15.8. The Labute approximate surface area is 173 Å². The summed E-state index contributed by atoms with van der Waals surface area (Å²) >= 11 is 1.42. The molecule has 0 aliphatic carbocycles. The lowest BCUT2D eigenvalue weighted by molar-refractivity contribution is 0.101. The van der Waals surface area contributed by atoms with E-state index in [4.69, 9.17) is 9.47 Å². The minimum absolute atomic E-state index is 0.00222. The maximum absolute atomic E-state index is 12.5. The van der Waals surface area contributed by atoms with E-state index in [0.717, 1.165) is 10.5 Å². The summed E-state index contributed by atoms with van der Waals surface area (Å²) in [5.74, 6) is 1.38. The van der Waals surface area contributed by atoms with E-state index in [9.17, 15) is 9.59 Å². The third-order valence-electron chi connectivity index (χ3n) is 4.47. The minimum Gasteiger partial charge on any atom is -0.454 e. The average Bonchev–Trinajstić information content (AvgIpc) is 3.20. The highest BCUT2D eigenvalue weighted by molar-refractivity contribution is 8.00. The topological polar surface area (TPSA) is 64.6 Å². The van der Waals surface area contributed by atoms with Crippen LogP contribution in [0.15, 0.2) is 71.6 Å². The zero-order chi connectivity index (χ0) is 20.2. The first-order chi connectivity index (χ1) is 14.1. The highest BCUT2D eigenvalue weighted by Gasteiger charge is 2.16. The number of hydrogen-bond acceptors (Lipinski definition) is 5. The largest absolute Gasteiger partial charge is 0.454 e. The zero-order valence-corrected chi connectivity index (χ0v) is 16.6. The van der Waals surface area contributed by atoms with Crippen LogP contribution in [0.25, 0.3) is 0 Å². The van der Waals surface area contributed by atoms with Gasteiger partial charge in [-0.05, 0) is 55.5 Å². The van der Waals surface area contributed by atoms with Crippen molar-refractivity contribution in [3.63, 3.8) is 0 Å². The normalized spacial score (nSPS) is 11.9. The number of rotatable bonds is 6. The van der Waals surface area contributed by atoms with Gasteiger partial charge in [-0.3, -0.25) is 9.59 Å². The van der Waals surface area contributed by atoms with Crippen LogP contribution in [-0.4, -0.2) is 24.2 Å². The molecule has 1 aliphatic heterocycles. The van der Waals surface area contributed by atoms with E-state index in [0.29, 0.717) is 28.3 Å². The molecular weight excluding hydrogens is 386 g/mol. The second-order valence-electron chi connectivity index (χ2n) is 6.63. The van der Waals surface area contributed by atoms with E-state index >= 15 is 0 Å². The number of Topliss-reactive ketones (excluding diaryl/α,β-unsaturated/α-hetero) is 1. The summed E-state index contributed by atoms with van der Waals surface area (Å²) in [6.45, 7) is 2.16. The highest BCUT2D eigenvalue weighted by atomic mass is 32.2. The quantitative estimate of drug-likeness (QED) is 0.464. The molecule has 6 heteroatoms. The van der Waals surface area contributed by atoms with E-state index in [2.05, 4.69) is 5.32 Å². The second kappa shape index (κ2) is 8.41. The van der Waals surface area contributed by atoms with Crippen LogP contribution in [0.5, 0.6) is 11.5 Å². The Morgan fingerprint density at radius 1 is 0.931 bits per heavy atom. The van der Waals surface area contributed by atoms with Crippen LogP contribution in [-0.2, 0) is 0 Å². The van der Waals surface area contributed by atoms with Gasteiger partial charge in [0.2, 0.25) is 6.79 Å². The molecule has 0 saturated heterocycles. The van der Waals surface area contributed by atoms with Crippen molar-refractivity contribution < 1.29 is 19.1 Å². The second-order valence-corrected chi connectivity index (χ2v) is 7.68. The van der Waals surface area contributed by atoms with E-state index in [1.165, 1.54) is 11.8 Å². The van der Waals surface area contributed by atoms with Crippen molar-refractivity contribution in [3.8, 4) is 11.5 Å². The maximum atomic E-state index is 12.5. The Morgan fingerprint density at radius 2 is 1.69 bits per heavy atom. The molecule has 1 heterocycles. The van der Waals surface area contributed by atoms with Gasteiger partial charge in [0.25, 0.3) is 5.91 Å². The van der Waals surface area contributed by atoms with Gasteiger partial charge in [-0.15, -0.1) is 11.8 Å². The third kappa shape index (κ3) is 4.60. The number of nitrogens with one attached hydrogen (secondary N) is 1. The first-order valence-corrected chi connectivity index (χ1v) is 10.1. The maximum Gasteiger partial charge on any atom is 0.255 e. The van der Waals surface area contributed by atoms with Gasteiger partial charge in [-0.2, -0.15) is 0 Å². The van der Waals surface area contributed by atoms with Gasteiger partial charge in [0.15, 0.2) is 17.3 Å². The van der Waals surface area contributed by atoms with Crippen LogP contribution in [0.4, 0.5) is 5.69 Å². The monoisotopic (exact) mass is 405 g/mol. The van der Waals surface area contributed by atoms with Crippen LogP contribution in [0.3, 0.4) is 0 Å². The van der Waals surface area contributed by atoms with E-state index < -0.39 is 0 Å². The van der Waals surface area contributed by atoms with Crippen LogP contribution >= 0.6 is 11.8 Å². The molecule has 0 bridgehead atoms. The van der Waals surface area contributed by atoms with Gasteiger partial charge in [-0.1, -0.05) is 23.8 Å². The Morgan fingerprint density at radius 3 is 2.52 bits per heavy atom. The highest BCUT2D eigenvalue weighted by Crippen LogP contribution is 2.33. The lowest BCUT2D eigenvalue weighted by atomic mass is 10.1. The summed E-state index contributed by atoms with van der Waals surface area (Å²) < 4.78 is 10.6. The smallest absolute Gasteiger partial charge is 0.255 e. The number of carbonyl (C=O) groups excluding carboxylic acids is 2. The van der Waals surface area contributed by atoms with Gasteiger partial charge in [0.1, 0.15) is 0 Å².